The summed E-state index contributed by atoms with van der Waals surface area (Å²) in [4.78, 5) is 26.2. The van der Waals surface area contributed by atoms with E-state index in [-0.39, 0.29) is 42.9 Å². The van der Waals surface area contributed by atoms with Crippen LogP contribution in [0.4, 0.5) is 9.18 Å². The van der Waals surface area contributed by atoms with Crippen molar-refractivity contribution in [1.82, 2.24) is 10.2 Å². The van der Waals surface area contributed by atoms with Crippen molar-refractivity contribution in [3.63, 3.8) is 0 Å². The Morgan fingerprint density at radius 1 is 1.31 bits per heavy atom. The number of piperidine rings is 1. The molecule has 9 heteroatoms. The van der Waals surface area contributed by atoms with Crippen molar-refractivity contribution in [1.29, 1.82) is 0 Å². The molecule has 35 heavy (non-hydrogen) atoms. The molecule has 2 saturated heterocycles. The van der Waals surface area contributed by atoms with Crippen LogP contribution in [0.2, 0.25) is 0 Å². The quantitative estimate of drug-likeness (QED) is 0.458. The number of halogens is 1. The van der Waals surface area contributed by atoms with Crippen LogP contribution < -0.4 is 11.1 Å². The largest absolute Gasteiger partial charge is 0.453 e. The lowest BCUT2D eigenvalue weighted by molar-refractivity contribution is -0.134. The predicted molar refractivity (Wildman–Crippen MR) is 130 cm³/mol. The van der Waals surface area contributed by atoms with E-state index in [0.717, 1.165) is 50.9 Å². The Kier molecular flexibility index (Phi) is 11.2. The van der Waals surface area contributed by atoms with Crippen LogP contribution in [0, 0.1) is 17.7 Å². The summed E-state index contributed by atoms with van der Waals surface area (Å²) in [7, 11) is 1.30. The smallest absolute Gasteiger partial charge is 0.406 e. The van der Waals surface area contributed by atoms with E-state index in [1.54, 1.807) is 6.07 Å². The molecule has 2 aliphatic rings. The maximum Gasteiger partial charge on any atom is 0.406 e. The van der Waals surface area contributed by atoms with Gasteiger partial charge in [0.15, 0.2) is 0 Å². The highest BCUT2D eigenvalue weighted by molar-refractivity contribution is 5.76. The first kappa shape index (κ1) is 27.4. The lowest BCUT2D eigenvalue weighted by Crippen LogP contribution is -2.42. The van der Waals surface area contributed by atoms with Crippen LogP contribution in [0.3, 0.4) is 0 Å². The van der Waals surface area contributed by atoms with Crippen molar-refractivity contribution in [2.75, 3.05) is 46.6 Å². The number of carbonyl (C=O) groups is 2. The van der Waals surface area contributed by atoms with Gasteiger partial charge in [-0.3, -0.25) is 4.79 Å². The molecule has 3 N–H and O–H groups in total. The van der Waals surface area contributed by atoms with Crippen LogP contribution >= 0.6 is 0 Å². The summed E-state index contributed by atoms with van der Waals surface area (Å²) in [5.41, 5.74) is 7.06. The average Bonchev–Trinajstić information content (AvgIpc) is 2.87. The summed E-state index contributed by atoms with van der Waals surface area (Å²) in [5, 5.41) is 2.59. The van der Waals surface area contributed by atoms with Crippen molar-refractivity contribution < 1.29 is 28.2 Å². The zero-order valence-corrected chi connectivity index (χ0v) is 20.8. The van der Waals surface area contributed by atoms with E-state index >= 15 is 0 Å². The number of nitrogens with one attached hydrogen (secondary N) is 1. The maximum absolute atomic E-state index is 14.0. The SMILES string of the molecule is COC(=O)NCCO[C@@H](c1cccc(F)c1)[C@@H]1CCCN(C(=O)CC[C@@H](N)C[C@H]2CCCOC2)C1. The molecule has 196 valence electrons. The van der Waals surface area contributed by atoms with Gasteiger partial charge in [-0.05, 0) is 62.1 Å². The van der Waals surface area contributed by atoms with Gasteiger partial charge >= 0.3 is 6.09 Å². The molecular formula is C26H40FN3O5. The molecule has 0 aliphatic carbocycles. The molecule has 2 fully saturated rings. The molecule has 0 saturated carbocycles. The minimum Gasteiger partial charge on any atom is -0.453 e. The highest BCUT2D eigenvalue weighted by Gasteiger charge is 2.31. The van der Waals surface area contributed by atoms with E-state index < -0.39 is 6.09 Å². The number of carbonyl (C=O) groups excluding carboxylic acids is 2. The molecule has 1 aromatic carbocycles. The first-order chi connectivity index (χ1) is 17.0. The third-order valence-electron chi connectivity index (χ3n) is 6.89. The molecule has 0 unspecified atom stereocenters. The minimum atomic E-state index is -0.528. The molecule has 0 radical (unpaired) electrons. The molecule has 2 aliphatic heterocycles. The number of hydrogen-bond acceptors (Lipinski definition) is 6. The number of amides is 2. The molecule has 2 heterocycles. The Bertz CT molecular complexity index is 805. The van der Waals surface area contributed by atoms with Gasteiger partial charge in [-0.25, -0.2) is 9.18 Å². The number of hydrogen-bond donors (Lipinski definition) is 2. The molecule has 1 aromatic rings. The van der Waals surface area contributed by atoms with E-state index in [4.69, 9.17) is 15.2 Å². The van der Waals surface area contributed by atoms with Gasteiger partial charge < -0.3 is 30.2 Å². The first-order valence-electron chi connectivity index (χ1n) is 12.8. The van der Waals surface area contributed by atoms with Gasteiger partial charge in [-0.15, -0.1) is 0 Å². The predicted octanol–water partition coefficient (Wildman–Crippen LogP) is 3.40. The van der Waals surface area contributed by atoms with Gasteiger partial charge in [0.25, 0.3) is 0 Å². The molecule has 0 aromatic heterocycles. The summed E-state index contributed by atoms with van der Waals surface area (Å²) in [5.74, 6) is 0.298. The zero-order chi connectivity index (χ0) is 25.0. The highest BCUT2D eigenvalue weighted by Crippen LogP contribution is 2.33. The van der Waals surface area contributed by atoms with Crippen LogP contribution in [-0.4, -0.2) is 69.5 Å². The van der Waals surface area contributed by atoms with Crippen LogP contribution in [0.5, 0.6) is 0 Å². The van der Waals surface area contributed by atoms with Crippen LogP contribution in [0.1, 0.15) is 56.6 Å². The molecule has 4 atom stereocenters. The van der Waals surface area contributed by atoms with Crippen molar-refractivity contribution in [2.45, 2.75) is 57.1 Å². The first-order valence-corrected chi connectivity index (χ1v) is 12.8. The van der Waals surface area contributed by atoms with Gasteiger partial charge in [0, 0.05) is 51.2 Å². The summed E-state index contributed by atoms with van der Waals surface area (Å²) in [6, 6.07) is 6.39. The number of nitrogens with two attached hydrogens (primary N) is 1. The summed E-state index contributed by atoms with van der Waals surface area (Å²) in [6.45, 7) is 3.39. The van der Waals surface area contributed by atoms with E-state index in [1.807, 2.05) is 11.0 Å². The standard InChI is InChI=1S/C26H40FN3O5/c1-33-26(32)29-11-14-35-25(20-6-2-8-22(27)16-20)21-7-3-12-30(17-21)24(31)10-9-23(28)15-19-5-4-13-34-18-19/h2,6,8,16,19,21,23,25H,3-5,7,9-15,17-18,28H2,1H3,(H,29,32)/t19-,21-,23-,25+/m1/s1. The number of nitrogens with zero attached hydrogens (tertiary/aromatic N) is 1. The second-order valence-corrected chi connectivity index (χ2v) is 9.62. The Morgan fingerprint density at radius 3 is 2.91 bits per heavy atom. The average molecular weight is 494 g/mol. The second-order valence-electron chi connectivity index (χ2n) is 9.62. The number of rotatable bonds is 11. The van der Waals surface area contributed by atoms with Gasteiger partial charge in [-0.2, -0.15) is 0 Å². The number of benzene rings is 1. The van der Waals surface area contributed by atoms with Gasteiger partial charge in [-0.1, -0.05) is 12.1 Å². The number of alkyl carbamates (subject to hydrolysis) is 1. The zero-order valence-electron chi connectivity index (χ0n) is 20.8. The van der Waals surface area contributed by atoms with E-state index in [1.165, 1.54) is 19.2 Å². The molecule has 8 nitrogen and oxygen atoms in total. The van der Waals surface area contributed by atoms with Crippen LogP contribution in [0.15, 0.2) is 24.3 Å². The molecule has 0 spiro atoms. The lowest BCUT2D eigenvalue weighted by atomic mass is 9.88. The Labute approximate surface area is 207 Å². The summed E-state index contributed by atoms with van der Waals surface area (Å²) >= 11 is 0. The van der Waals surface area contributed by atoms with E-state index in [0.29, 0.717) is 31.8 Å². The van der Waals surface area contributed by atoms with Crippen molar-refractivity contribution in [3.8, 4) is 0 Å². The Hall–Kier alpha value is -2.23. The van der Waals surface area contributed by atoms with E-state index in [2.05, 4.69) is 10.1 Å². The number of ether oxygens (including phenoxy) is 3. The van der Waals surface area contributed by atoms with Crippen molar-refractivity contribution in [2.24, 2.45) is 17.6 Å². The third kappa shape index (κ3) is 9.05. The fourth-order valence-electron chi connectivity index (χ4n) is 5.09. The highest BCUT2D eigenvalue weighted by atomic mass is 19.1. The monoisotopic (exact) mass is 493 g/mol. The normalized spacial score (nSPS) is 22.3. The lowest BCUT2D eigenvalue weighted by Gasteiger charge is -2.37. The van der Waals surface area contributed by atoms with E-state index in [9.17, 15) is 14.0 Å². The Balaban J connectivity index is 1.54. The molecule has 2 amide bonds. The topological polar surface area (TPSA) is 103 Å². The third-order valence-corrected chi connectivity index (χ3v) is 6.89. The van der Waals surface area contributed by atoms with Gasteiger partial charge in [0.05, 0.1) is 19.8 Å². The molecular weight excluding hydrogens is 453 g/mol. The van der Waals surface area contributed by atoms with Crippen LogP contribution in [0.25, 0.3) is 0 Å². The van der Waals surface area contributed by atoms with Crippen molar-refractivity contribution in [3.05, 3.63) is 35.6 Å². The van der Waals surface area contributed by atoms with Crippen molar-refractivity contribution >= 4 is 12.0 Å². The second kappa shape index (κ2) is 14.4. The number of methoxy groups -OCH3 is 1. The van der Waals surface area contributed by atoms with Crippen LogP contribution in [-0.2, 0) is 19.0 Å². The van der Waals surface area contributed by atoms with Gasteiger partial charge in [0.2, 0.25) is 5.91 Å². The van der Waals surface area contributed by atoms with Gasteiger partial charge in [0.1, 0.15) is 5.82 Å². The maximum atomic E-state index is 14.0. The fourth-order valence-corrected chi connectivity index (χ4v) is 5.09. The summed E-state index contributed by atoms with van der Waals surface area (Å²) < 4.78 is 30.2. The minimum absolute atomic E-state index is 0.00285. The summed E-state index contributed by atoms with van der Waals surface area (Å²) in [6.07, 6.45) is 5.04. The Morgan fingerprint density at radius 2 is 2.17 bits per heavy atom. The molecule has 3 rings (SSSR count). The molecule has 0 bridgehead atoms. The number of likely N-dealkylation sites (tertiary alicyclic amines) is 1. The fraction of sp³-hybridized carbons (Fsp3) is 0.692.